The van der Waals surface area contributed by atoms with Crippen molar-refractivity contribution in [3.05, 3.63) is 85.1 Å². The zero-order valence-corrected chi connectivity index (χ0v) is 39.1. The van der Waals surface area contributed by atoms with E-state index in [2.05, 4.69) is 111 Å². The monoisotopic (exact) mass is 836 g/mol. The number of allylic oxidation sites excluding steroid dienone is 14. The molecule has 0 rings (SSSR count). The summed E-state index contributed by atoms with van der Waals surface area (Å²) in [5, 5.41) is 23.7. The summed E-state index contributed by atoms with van der Waals surface area (Å²) in [6.45, 7) is 6.21. The lowest BCUT2D eigenvalue weighted by molar-refractivity contribution is -0.151. The number of carbonyl (C=O) groups is 2. The first-order chi connectivity index (χ1) is 29.5. The number of ether oxygens (including phenoxy) is 1. The predicted octanol–water partition coefficient (Wildman–Crippen LogP) is 14.8. The fourth-order valence-corrected chi connectivity index (χ4v) is 7.07. The Balaban J connectivity index is 4.70. The number of carbonyl (C=O) groups excluding carboxylic acids is 2. The van der Waals surface area contributed by atoms with Crippen LogP contribution in [0.4, 0.5) is 0 Å². The number of hydrogen-bond donors (Lipinski definition) is 3. The van der Waals surface area contributed by atoms with Crippen LogP contribution in [0.25, 0.3) is 0 Å². The van der Waals surface area contributed by atoms with Crippen LogP contribution >= 0.6 is 0 Å². The first-order valence-corrected chi connectivity index (χ1v) is 24.8. The Labute approximate surface area is 370 Å². The van der Waals surface area contributed by atoms with E-state index < -0.39 is 18.2 Å². The molecule has 0 aromatic carbocycles. The van der Waals surface area contributed by atoms with Crippen LogP contribution in [-0.2, 0) is 14.3 Å². The van der Waals surface area contributed by atoms with E-state index in [9.17, 15) is 19.8 Å². The van der Waals surface area contributed by atoms with Crippen LogP contribution in [0.5, 0.6) is 0 Å². The average molecular weight is 836 g/mol. The van der Waals surface area contributed by atoms with E-state index in [4.69, 9.17) is 4.74 Å². The van der Waals surface area contributed by atoms with E-state index in [0.29, 0.717) is 19.3 Å². The van der Waals surface area contributed by atoms with Crippen molar-refractivity contribution >= 4 is 11.9 Å². The molecule has 3 atom stereocenters. The van der Waals surface area contributed by atoms with Crippen molar-refractivity contribution in [3.8, 4) is 0 Å². The zero-order chi connectivity index (χ0) is 43.8. The van der Waals surface area contributed by atoms with Crippen LogP contribution < -0.4 is 5.32 Å². The molecule has 3 unspecified atom stereocenters. The lowest BCUT2D eigenvalue weighted by atomic mass is 10.0. The van der Waals surface area contributed by atoms with Crippen molar-refractivity contribution in [2.75, 3.05) is 6.61 Å². The minimum absolute atomic E-state index is 0.0274. The molecule has 3 N–H and O–H groups in total. The summed E-state index contributed by atoms with van der Waals surface area (Å²) in [6, 6.07) is -0.727. The SMILES string of the molecule is CC/C=C/C=C/C=C\CCCCCCCC(=O)OC(CCC/C=C/C/C=C/C/C=C/C/C=C/CC)CC(=O)NC(CO)C(O)CCCCCCCCCCCCCCCC. The third kappa shape index (κ3) is 41.8. The Morgan fingerprint density at radius 3 is 1.57 bits per heavy atom. The minimum Gasteiger partial charge on any atom is -0.462 e. The highest BCUT2D eigenvalue weighted by molar-refractivity contribution is 5.77. The number of rotatable bonds is 43. The third-order valence-electron chi connectivity index (χ3n) is 10.8. The summed E-state index contributed by atoms with van der Waals surface area (Å²) < 4.78 is 5.88. The van der Waals surface area contributed by atoms with Crippen molar-refractivity contribution in [2.24, 2.45) is 0 Å². The van der Waals surface area contributed by atoms with Crippen molar-refractivity contribution in [1.29, 1.82) is 0 Å². The second-order valence-electron chi connectivity index (χ2n) is 16.5. The highest BCUT2D eigenvalue weighted by Gasteiger charge is 2.24. The molecule has 0 saturated heterocycles. The highest BCUT2D eigenvalue weighted by Crippen LogP contribution is 2.17. The van der Waals surface area contributed by atoms with Gasteiger partial charge in [-0.2, -0.15) is 0 Å². The fourth-order valence-electron chi connectivity index (χ4n) is 7.07. The summed E-state index contributed by atoms with van der Waals surface area (Å²) >= 11 is 0. The Kier molecular flexibility index (Phi) is 44.8. The minimum atomic E-state index is -0.809. The second-order valence-corrected chi connectivity index (χ2v) is 16.5. The van der Waals surface area contributed by atoms with Gasteiger partial charge >= 0.3 is 5.97 Å². The number of nitrogens with one attached hydrogen (secondary N) is 1. The number of aliphatic hydroxyl groups is 2. The number of hydrogen-bond acceptors (Lipinski definition) is 5. The number of aliphatic hydroxyl groups excluding tert-OH is 2. The Morgan fingerprint density at radius 2 is 1.00 bits per heavy atom. The first kappa shape index (κ1) is 57.0. The van der Waals surface area contributed by atoms with Gasteiger partial charge in [0.05, 0.1) is 25.2 Å². The van der Waals surface area contributed by atoms with Crippen LogP contribution in [0, 0.1) is 0 Å². The first-order valence-electron chi connectivity index (χ1n) is 24.8. The van der Waals surface area contributed by atoms with Gasteiger partial charge in [-0.05, 0) is 77.0 Å². The normalized spacial score (nSPS) is 14.0. The molecule has 6 nitrogen and oxygen atoms in total. The summed E-state index contributed by atoms with van der Waals surface area (Å²) in [5.41, 5.74) is 0. The molecule has 0 saturated carbocycles. The maximum atomic E-state index is 13.2. The predicted molar refractivity (Wildman–Crippen MR) is 259 cm³/mol. The Hall–Kier alpha value is -2.96. The van der Waals surface area contributed by atoms with Crippen molar-refractivity contribution in [1.82, 2.24) is 5.32 Å². The van der Waals surface area contributed by atoms with Crippen LogP contribution in [0.15, 0.2) is 85.1 Å². The largest absolute Gasteiger partial charge is 0.462 e. The Morgan fingerprint density at radius 1 is 0.517 bits per heavy atom. The van der Waals surface area contributed by atoms with Crippen molar-refractivity contribution < 1.29 is 24.5 Å². The molecule has 0 heterocycles. The topological polar surface area (TPSA) is 95.9 Å². The van der Waals surface area contributed by atoms with Crippen LogP contribution in [0.2, 0.25) is 0 Å². The number of esters is 1. The van der Waals surface area contributed by atoms with E-state index in [1.165, 1.54) is 70.6 Å². The summed E-state index contributed by atoms with van der Waals surface area (Å²) in [5.74, 6) is -0.558. The van der Waals surface area contributed by atoms with E-state index in [1.54, 1.807) is 0 Å². The van der Waals surface area contributed by atoms with Gasteiger partial charge in [-0.3, -0.25) is 9.59 Å². The maximum absolute atomic E-state index is 13.2. The molecule has 344 valence electrons. The molecule has 6 heteroatoms. The van der Waals surface area contributed by atoms with Crippen LogP contribution in [0.3, 0.4) is 0 Å². The molecule has 0 aromatic rings. The maximum Gasteiger partial charge on any atom is 0.306 e. The highest BCUT2D eigenvalue weighted by atomic mass is 16.5. The van der Waals surface area contributed by atoms with Crippen molar-refractivity contribution in [2.45, 2.75) is 238 Å². The third-order valence-corrected chi connectivity index (χ3v) is 10.8. The fraction of sp³-hybridized carbons (Fsp3) is 0.704. The number of amides is 1. The van der Waals surface area contributed by atoms with Gasteiger partial charge in [-0.1, -0.05) is 215 Å². The van der Waals surface area contributed by atoms with Gasteiger partial charge in [0, 0.05) is 6.42 Å². The summed E-state index contributed by atoms with van der Waals surface area (Å²) in [6.07, 6.45) is 60.7. The van der Waals surface area contributed by atoms with Gasteiger partial charge in [-0.15, -0.1) is 0 Å². The van der Waals surface area contributed by atoms with Gasteiger partial charge in [0.15, 0.2) is 0 Å². The molecule has 0 spiro atoms. The van der Waals surface area contributed by atoms with E-state index in [-0.39, 0.29) is 24.9 Å². The molecule has 1 amide bonds. The standard InChI is InChI=1S/C54H93NO5/c1-4-7-10-13-16-19-22-25-28-30-33-36-39-42-45-50(60-54(59)47-44-41-38-35-32-27-24-21-18-15-12-9-6-3)48-53(58)55-51(49-56)52(57)46-43-40-37-34-31-29-26-23-20-17-14-11-8-5-2/h7,9-10,12,15-16,18-19,21,24-25,28,33,36,50-52,56-57H,4-6,8,11,13-14,17,20,22-23,26-27,29-32,34-35,37-49H2,1-3H3,(H,55,58)/b10-7+,12-9+,18-15+,19-16+,24-21-,28-25+,36-33+. The quantitative estimate of drug-likeness (QED) is 0.0246. The van der Waals surface area contributed by atoms with E-state index in [1.807, 2.05) is 0 Å². The molecule has 0 aromatic heterocycles. The second kappa shape index (κ2) is 47.1. The molecule has 60 heavy (non-hydrogen) atoms. The van der Waals surface area contributed by atoms with E-state index >= 15 is 0 Å². The average Bonchev–Trinajstić information content (AvgIpc) is 3.24. The lowest BCUT2D eigenvalue weighted by Gasteiger charge is -2.24. The molecule has 0 aliphatic rings. The molecule has 0 aliphatic carbocycles. The summed E-state index contributed by atoms with van der Waals surface area (Å²) in [4.78, 5) is 26.1. The van der Waals surface area contributed by atoms with Gasteiger partial charge in [0.2, 0.25) is 5.91 Å². The lowest BCUT2D eigenvalue weighted by Crippen LogP contribution is -2.46. The summed E-state index contributed by atoms with van der Waals surface area (Å²) in [7, 11) is 0. The number of unbranched alkanes of at least 4 members (excludes halogenated alkanes) is 19. The van der Waals surface area contributed by atoms with Gasteiger partial charge in [0.25, 0.3) is 0 Å². The molecule has 0 bridgehead atoms. The molecule has 0 fully saturated rings. The van der Waals surface area contributed by atoms with Gasteiger partial charge in [-0.25, -0.2) is 0 Å². The van der Waals surface area contributed by atoms with E-state index in [0.717, 1.165) is 103 Å². The Bertz CT molecular complexity index is 1160. The van der Waals surface area contributed by atoms with Crippen LogP contribution in [-0.4, -0.2) is 46.9 Å². The molecular weight excluding hydrogens is 743 g/mol. The van der Waals surface area contributed by atoms with Gasteiger partial charge < -0.3 is 20.3 Å². The van der Waals surface area contributed by atoms with Gasteiger partial charge in [0.1, 0.15) is 6.10 Å². The molecular formula is C54H93NO5. The molecule has 0 aliphatic heterocycles. The molecule has 0 radical (unpaired) electrons. The zero-order valence-electron chi connectivity index (χ0n) is 39.1. The van der Waals surface area contributed by atoms with Crippen LogP contribution in [0.1, 0.15) is 220 Å². The smallest absolute Gasteiger partial charge is 0.306 e. The van der Waals surface area contributed by atoms with Crippen molar-refractivity contribution in [3.63, 3.8) is 0 Å².